The average Bonchev–Trinajstić information content (AvgIpc) is 3.51. The third kappa shape index (κ3) is 4.82. The lowest BCUT2D eigenvalue weighted by atomic mass is 10.1. The molecule has 2 atom stereocenters. The van der Waals surface area contributed by atoms with Crippen LogP contribution in [0.2, 0.25) is 0 Å². The van der Waals surface area contributed by atoms with Crippen LogP contribution in [0.5, 0.6) is 11.5 Å². The van der Waals surface area contributed by atoms with Crippen LogP contribution in [-0.4, -0.2) is 32.1 Å². The van der Waals surface area contributed by atoms with Crippen molar-refractivity contribution in [1.29, 1.82) is 0 Å². The maximum absolute atomic E-state index is 12.5. The van der Waals surface area contributed by atoms with Gasteiger partial charge in [-0.25, -0.2) is 0 Å². The van der Waals surface area contributed by atoms with Crippen LogP contribution < -0.4 is 20.1 Å². The van der Waals surface area contributed by atoms with E-state index in [1.807, 2.05) is 49.4 Å². The molecule has 2 aromatic carbocycles. The Morgan fingerprint density at radius 1 is 1.00 bits per heavy atom. The number of ether oxygens (including phenoxy) is 2. The first-order chi connectivity index (χ1) is 13.6. The van der Waals surface area contributed by atoms with E-state index in [0.717, 1.165) is 11.3 Å². The van der Waals surface area contributed by atoms with Gasteiger partial charge in [-0.15, -0.1) is 0 Å². The van der Waals surface area contributed by atoms with Crippen LogP contribution in [0, 0.1) is 11.8 Å². The number of amides is 2. The third-order valence-electron chi connectivity index (χ3n) is 4.79. The van der Waals surface area contributed by atoms with Crippen molar-refractivity contribution in [2.24, 2.45) is 11.8 Å². The first kappa shape index (κ1) is 19.7. The summed E-state index contributed by atoms with van der Waals surface area (Å²) in [5, 5.41) is 5.80. The van der Waals surface area contributed by atoms with E-state index in [2.05, 4.69) is 10.6 Å². The molecule has 0 aromatic heterocycles. The lowest BCUT2D eigenvalue weighted by molar-refractivity contribution is -0.125. The van der Waals surface area contributed by atoms with Crippen LogP contribution in [0.1, 0.15) is 18.9 Å². The van der Waals surface area contributed by atoms with E-state index in [0.29, 0.717) is 37.4 Å². The van der Waals surface area contributed by atoms with Crippen molar-refractivity contribution in [1.82, 2.24) is 5.32 Å². The van der Waals surface area contributed by atoms with Crippen molar-refractivity contribution in [3.63, 3.8) is 0 Å². The molecule has 1 aliphatic carbocycles. The number of carbonyl (C=O) groups excluding carboxylic acids is 2. The second-order valence-corrected chi connectivity index (χ2v) is 6.72. The van der Waals surface area contributed by atoms with E-state index in [-0.39, 0.29) is 23.7 Å². The molecule has 1 aliphatic rings. The van der Waals surface area contributed by atoms with Crippen LogP contribution in [0.25, 0.3) is 0 Å². The zero-order valence-corrected chi connectivity index (χ0v) is 16.2. The van der Waals surface area contributed by atoms with Gasteiger partial charge in [-0.05, 0) is 43.5 Å². The highest BCUT2D eigenvalue weighted by molar-refractivity contribution is 6.00. The molecule has 0 heterocycles. The molecule has 2 N–H and O–H groups in total. The Morgan fingerprint density at radius 2 is 1.68 bits per heavy atom. The number of rotatable bonds is 9. The summed E-state index contributed by atoms with van der Waals surface area (Å²) < 4.78 is 10.8. The van der Waals surface area contributed by atoms with E-state index in [1.165, 1.54) is 0 Å². The van der Waals surface area contributed by atoms with Crippen molar-refractivity contribution in [3.05, 3.63) is 54.1 Å². The number of anilines is 1. The van der Waals surface area contributed by atoms with Gasteiger partial charge in [0.1, 0.15) is 11.5 Å². The van der Waals surface area contributed by atoms with E-state index in [4.69, 9.17) is 9.47 Å². The van der Waals surface area contributed by atoms with Gasteiger partial charge in [0.15, 0.2) is 0 Å². The number of benzene rings is 2. The van der Waals surface area contributed by atoms with Gasteiger partial charge < -0.3 is 20.1 Å². The Kier molecular flexibility index (Phi) is 6.53. The lowest BCUT2D eigenvalue weighted by Crippen LogP contribution is -2.29. The molecule has 1 saturated carbocycles. The van der Waals surface area contributed by atoms with Crippen LogP contribution in [0.3, 0.4) is 0 Å². The Balaban J connectivity index is 1.47. The minimum atomic E-state index is -0.291. The fraction of sp³-hybridized carbons (Fsp3) is 0.364. The highest BCUT2D eigenvalue weighted by Crippen LogP contribution is 2.40. The lowest BCUT2D eigenvalue weighted by Gasteiger charge is -2.11. The standard InChI is InChI=1S/C22H26N2O4/c1-3-28-20-11-7-5-9-18(20)24-22(26)17-14-16(17)21(25)23-13-12-15-8-4-6-10-19(15)27-2/h4-11,16-17H,3,12-14H2,1-2H3,(H,23,25)(H,24,26). The Bertz CT molecular complexity index is 837. The van der Waals surface area contributed by atoms with Crippen molar-refractivity contribution >= 4 is 17.5 Å². The molecule has 6 heteroatoms. The van der Waals surface area contributed by atoms with Crippen LogP contribution in [-0.2, 0) is 16.0 Å². The van der Waals surface area contributed by atoms with Crippen LogP contribution in [0.15, 0.2) is 48.5 Å². The molecule has 0 radical (unpaired) electrons. The Labute approximate surface area is 165 Å². The third-order valence-corrected chi connectivity index (χ3v) is 4.79. The summed E-state index contributed by atoms with van der Waals surface area (Å²) in [4.78, 5) is 24.8. The summed E-state index contributed by atoms with van der Waals surface area (Å²) >= 11 is 0. The van der Waals surface area contributed by atoms with Gasteiger partial charge in [-0.1, -0.05) is 30.3 Å². The highest BCUT2D eigenvalue weighted by Gasteiger charge is 2.48. The second-order valence-electron chi connectivity index (χ2n) is 6.72. The summed E-state index contributed by atoms with van der Waals surface area (Å²) in [6, 6.07) is 15.1. The molecule has 1 fully saturated rings. The SMILES string of the molecule is CCOc1ccccc1NC(=O)C1CC1C(=O)NCCc1ccccc1OC. The molecule has 0 aliphatic heterocycles. The molecule has 2 aromatic rings. The van der Waals surface area contributed by atoms with Crippen molar-refractivity contribution in [2.45, 2.75) is 19.8 Å². The summed E-state index contributed by atoms with van der Waals surface area (Å²) in [5.74, 6) is 0.674. The number of hydrogen-bond donors (Lipinski definition) is 2. The van der Waals surface area contributed by atoms with Gasteiger partial charge in [-0.3, -0.25) is 9.59 Å². The topological polar surface area (TPSA) is 76.7 Å². The normalized spacial score (nSPS) is 17.5. The maximum Gasteiger partial charge on any atom is 0.228 e. The number of hydrogen-bond acceptors (Lipinski definition) is 4. The van der Waals surface area contributed by atoms with Gasteiger partial charge in [0, 0.05) is 6.54 Å². The van der Waals surface area contributed by atoms with Crippen molar-refractivity contribution in [2.75, 3.05) is 25.6 Å². The summed E-state index contributed by atoms with van der Waals surface area (Å²) in [6.45, 7) is 2.93. The molecule has 6 nitrogen and oxygen atoms in total. The summed E-state index contributed by atoms with van der Waals surface area (Å²) in [6.07, 6.45) is 1.25. The minimum absolute atomic E-state index is 0.0758. The van der Waals surface area contributed by atoms with E-state index < -0.39 is 0 Å². The number of carbonyl (C=O) groups is 2. The van der Waals surface area contributed by atoms with Gasteiger partial charge in [0.25, 0.3) is 0 Å². The number of para-hydroxylation sites is 3. The predicted molar refractivity (Wildman–Crippen MR) is 108 cm³/mol. The van der Waals surface area contributed by atoms with Crippen LogP contribution in [0.4, 0.5) is 5.69 Å². The molecule has 3 rings (SSSR count). The first-order valence-corrected chi connectivity index (χ1v) is 9.56. The molecular formula is C22H26N2O4. The second kappa shape index (κ2) is 9.26. The fourth-order valence-corrected chi connectivity index (χ4v) is 3.21. The molecule has 0 spiro atoms. The number of nitrogens with one attached hydrogen (secondary N) is 2. The van der Waals surface area contributed by atoms with Gasteiger partial charge >= 0.3 is 0 Å². The molecule has 0 saturated heterocycles. The van der Waals surface area contributed by atoms with Gasteiger partial charge in [0.2, 0.25) is 11.8 Å². The zero-order valence-electron chi connectivity index (χ0n) is 16.2. The summed E-state index contributed by atoms with van der Waals surface area (Å²) in [7, 11) is 1.63. The molecule has 0 bridgehead atoms. The van der Waals surface area contributed by atoms with Gasteiger partial charge in [-0.2, -0.15) is 0 Å². The Morgan fingerprint density at radius 3 is 2.43 bits per heavy atom. The minimum Gasteiger partial charge on any atom is -0.496 e. The average molecular weight is 382 g/mol. The van der Waals surface area contributed by atoms with Crippen molar-refractivity contribution < 1.29 is 19.1 Å². The molecular weight excluding hydrogens is 356 g/mol. The quantitative estimate of drug-likeness (QED) is 0.699. The number of methoxy groups -OCH3 is 1. The van der Waals surface area contributed by atoms with Crippen LogP contribution >= 0.6 is 0 Å². The largest absolute Gasteiger partial charge is 0.496 e. The zero-order chi connectivity index (χ0) is 19.9. The van der Waals surface area contributed by atoms with Gasteiger partial charge in [0.05, 0.1) is 31.2 Å². The maximum atomic E-state index is 12.5. The Hall–Kier alpha value is -3.02. The monoisotopic (exact) mass is 382 g/mol. The van der Waals surface area contributed by atoms with E-state index >= 15 is 0 Å². The fourth-order valence-electron chi connectivity index (χ4n) is 3.21. The highest BCUT2D eigenvalue weighted by atomic mass is 16.5. The van der Waals surface area contributed by atoms with E-state index in [1.54, 1.807) is 13.2 Å². The predicted octanol–water partition coefficient (Wildman–Crippen LogP) is 3.03. The smallest absolute Gasteiger partial charge is 0.228 e. The molecule has 2 unspecified atom stereocenters. The first-order valence-electron chi connectivity index (χ1n) is 9.56. The molecule has 2 amide bonds. The van der Waals surface area contributed by atoms with E-state index in [9.17, 15) is 9.59 Å². The molecule has 148 valence electrons. The van der Waals surface area contributed by atoms with Crippen molar-refractivity contribution in [3.8, 4) is 11.5 Å². The molecule has 28 heavy (non-hydrogen) atoms. The summed E-state index contributed by atoms with van der Waals surface area (Å²) in [5.41, 5.74) is 1.68.